The zero-order chi connectivity index (χ0) is 19.2. The van der Waals surface area contributed by atoms with E-state index in [1.54, 1.807) is 12.5 Å². The van der Waals surface area contributed by atoms with Gasteiger partial charge in [0, 0.05) is 25.7 Å². The van der Waals surface area contributed by atoms with Crippen LogP contribution in [0.4, 0.5) is 0 Å². The van der Waals surface area contributed by atoms with E-state index in [1.807, 2.05) is 30.3 Å². The van der Waals surface area contributed by atoms with Crippen molar-refractivity contribution in [3.63, 3.8) is 0 Å². The van der Waals surface area contributed by atoms with Crippen LogP contribution in [-0.2, 0) is 11.2 Å². The monoisotopic (exact) mass is 397 g/mol. The normalized spacial score (nSPS) is 16.0. The summed E-state index contributed by atoms with van der Waals surface area (Å²) in [4.78, 5) is 20.1. The third-order valence-corrected chi connectivity index (χ3v) is 5.71. The second kappa shape index (κ2) is 9.14. The van der Waals surface area contributed by atoms with Crippen molar-refractivity contribution in [1.29, 1.82) is 0 Å². The van der Waals surface area contributed by atoms with Crippen LogP contribution in [0, 0.1) is 0 Å². The average Bonchev–Trinajstić information content (AvgIpc) is 3.41. The Morgan fingerprint density at radius 1 is 1.18 bits per heavy atom. The Hall–Kier alpha value is -2.48. The maximum atomic E-state index is 12.9. The van der Waals surface area contributed by atoms with Gasteiger partial charge in [-0.2, -0.15) is 0 Å². The number of hydrogen-bond donors (Lipinski definition) is 1. The Morgan fingerprint density at radius 2 is 2.00 bits per heavy atom. The van der Waals surface area contributed by atoms with Crippen LogP contribution >= 0.6 is 11.3 Å². The Balaban J connectivity index is 1.45. The number of carbonyl (C=O) groups is 1. The van der Waals surface area contributed by atoms with Crippen molar-refractivity contribution < 1.29 is 13.9 Å². The molecular formula is C21H23N3O3S. The van der Waals surface area contributed by atoms with Crippen molar-refractivity contribution in [2.45, 2.75) is 12.5 Å². The molecule has 1 N–H and O–H groups in total. The minimum atomic E-state index is -0.0931. The van der Waals surface area contributed by atoms with E-state index < -0.39 is 0 Å². The zero-order valence-electron chi connectivity index (χ0n) is 15.5. The summed E-state index contributed by atoms with van der Waals surface area (Å²) in [6.07, 6.45) is 4.01. The summed E-state index contributed by atoms with van der Waals surface area (Å²) in [5.74, 6) is 0.586. The number of morpholine rings is 1. The molecule has 1 aromatic carbocycles. The lowest BCUT2D eigenvalue weighted by molar-refractivity contribution is 0.0334. The van der Waals surface area contributed by atoms with Crippen LogP contribution in [0.15, 0.2) is 59.3 Å². The molecule has 1 saturated heterocycles. The highest BCUT2D eigenvalue weighted by Gasteiger charge is 2.21. The van der Waals surface area contributed by atoms with E-state index in [4.69, 9.17) is 9.15 Å². The van der Waals surface area contributed by atoms with E-state index in [9.17, 15) is 4.79 Å². The number of thiazole rings is 1. The summed E-state index contributed by atoms with van der Waals surface area (Å²) < 4.78 is 10.8. The van der Waals surface area contributed by atoms with E-state index in [1.165, 1.54) is 16.9 Å². The smallest absolute Gasteiger partial charge is 0.263 e. The minimum absolute atomic E-state index is 0.0159. The summed E-state index contributed by atoms with van der Waals surface area (Å²) >= 11 is 1.34. The Bertz CT molecular complexity index is 873. The number of rotatable bonds is 7. The van der Waals surface area contributed by atoms with Crippen molar-refractivity contribution in [1.82, 2.24) is 15.2 Å². The summed E-state index contributed by atoms with van der Waals surface area (Å²) in [5, 5.41) is 3.92. The van der Waals surface area contributed by atoms with Gasteiger partial charge in [0.15, 0.2) is 10.8 Å². The molecule has 0 radical (unpaired) electrons. The van der Waals surface area contributed by atoms with Gasteiger partial charge in [-0.15, -0.1) is 11.3 Å². The van der Waals surface area contributed by atoms with Crippen molar-refractivity contribution in [2.75, 3.05) is 32.8 Å². The van der Waals surface area contributed by atoms with Crippen molar-refractivity contribution in [3.05, 3.63) is 65.4 Å². The van der Waals surface area contributed by atoms with Crippen LogP contribution < -0.4 is 5.32 Å². The van der Waals surface area contributed by atoms with Gasteiger partial charge in [-0.1, -0.05) is 30.3 Å². The minimum Gasteiger partial charge on any atom is -0.462 e. The van der Waals surface area contributed by atoms with Crippen LogP contribution in [0.5, 0.6) is 0 Å². The first-order valence-electron chi connectivity index (χ1n) is 9.42. The second-order valence-corrected chi connectivity index (χ2v) is 7.81. The van der Waals surface area contributed by atoms with Crippen molar-refractivity contribution in [2.24, 2.45) is 0 Å². The predicted octanol–water partition coefficient (Wildman–Crippen LogP) is 3.08. The fourth-order valence-corrected chi connectivity index (χ4v) is 4.09. The lowest BCUT2D eigenvalue weighted by Crippen LogP contribution is -2.48. The molecule has 4 rings (SSSR count). The van der Waals surface area contributed by atoms with Gasteiger partial charge >= 0.3 is 0 Å². The summed E-state index contributed by atoms with van der Waals surface area (Å²) in [6, 6.07) is 13.9. The highest BCUT2D eigenvalue weighted by molar-refractivity contribution is 7.16. The predicted molar refractivity (Wildman–Crippen MR) is 108 cm³/mol. The number of hydrogen-bond acceptors (Lipinski definition) is 6. The molecule has 1 amide bonds. The topological polar surface area (TPSA) is 67.6 Å². The number of amides is 1. The SMILES string of the molecule is O=C(NC(Cc1ccccc1)CN1CCOCC1)c1cnc(-c2ccco2)s1. The van der Waals surface area contributed by atoms with Crippen molar-refractivity contribution >= 4 is 17.2 Å². The molecule has 0 aliphatic carbocycles. The highest BCUT2D eigenvalue weighted by atomic mass is 32.1. The Kier molecular flexibility index (Phi) is 6.16. The van der Waals surface area contributed by atoms with Gasteiger partial charge in [0.1, 0.15) is 4.88 Å². The largest absolute Gasteiger partial charge is 0.462 e. The molecule has 146 valence electrons. The molecule has 6 nitrogen and oxygen atoms in total. The fourth-order valence-electron chi connectivity index (χ4n) is 3.31. The molecule has 1 aliphatic rings. The molecule has 28 heavy (non-hydrogen) atoms. The number of nitrogens with zero attached hydrogens (tertiary/aromatic N) is 2. The number of benzene rings is 1. The molecule has 0 spiro atoms. The number of aromatic nitrogens is 1. The standard InChI is InChI=1S/C21H23N3O3S/c25-20(19-14-22-21(28-19)18-7-4-10-27-18)23-17(13-16-5-2-1-3-6-16)15-24-8-11-26-12-9-24/h1-7,10,14,17H,8-9,11-13,15H2,(H,23,25). The number of ether oxygens (including phenoxy) is 1. The highest BCUT2D eigenvalue weighted by Crippen LogP contribution is 2.25. The molecule has 2 aromatic heterocycles. The van der Waals surface area contributed by atoms with E-state index in [2.05, 4.69) is 27.3 Å². The fraction of sp³-hybridized carbons (Fsp3) is 0.333. The Labute approximate surface area is 168 Å². The van der Waals surface area contributed by atoms with Gasteiger partial charge in [0.25, 0.3) is 5.91 Å². The first-order valence-corrected chi connectivity index (χ1v) is 10.2. The molecule has 0 saturated carbocycles. The van der Waals surface area contributed by atoms with Crippen LogP contribution in [-0.4, -0.2) is 54.7 Å². The summed E-state index contributed by atoms with van der Waals surface area (Å²) in [5.41, 5.74) is 1.21. The molecule has 3 aromatic rings. The van der Waals surface area contributed by atoms with E-state index in [-0.39, 0.29) is 11.9 Å². The quantitative estimate of drug-likeness (QED) is 0.664. The number of nitrogens with one attached hydrogen (secondary N) is 1. The van der Waals surface area contributed by atoms with Crippen LogP contribution in [0.25, 0.3) is 10.8 Å². The lowest BCUT2D eigenvalue weighted by Gasteiger charge is -2.31. The van der Waals surface area contributed by atoms with Crippen LogP contribution in [0.2, 0.25) is 0 Å². The van der Waals surface area contributed by atoms with Gasteiger partial charge in [0.05, 0.1) is 25.7 Å². The maximum Gasteiger partial charge on any atom is 0.263 e. The summed E-state index contributed by atoms with van der Waals surface area (Å²) in [7, 11) is 0. The molecule has 1 unspecified atom stereocenters. The average molecular weight is 398 g/mol. The van der Waals surface area contributed by atoms with Gasteiger partial charge < -0.3 is 14.5 Å². The second-order valence-electron chi connectivity index (χ2n) is 6.78. The first kappa shape index (κ1) is 18.9. The van der Waals surface area contributed by atoms with Gasteiger partial charge in [-0.25, -0.2) is 4.98 Å². The van der Waals surface area contributed by atoms with Crippen molar-refractivity contribution in [3.8, 4) is 10.8 Å². The Morgan fingerprint density at radius 3 is 2.75 bits per heavy atom. The maximum absolute atomic E-state index is 12.9. The molecule has 1 aliphatic heterocycles. The third kappa shape index (κ3) is 4.86. The number of furan rings is 1. The lowest BCUT2D eigenvalue weighted by atomic mass is 10.1. The van der Waals surface area contributed by atoms with E-state index >= 15 is 0 Å². The molecular weight excluding hydrogens is 374 g/mol. The number of carbonyl (C=O) groups excluding carboxylic acids is 1. The molecule has 0 bridgehead atoms. The van der Waals surface area contributed by atoms with Crippen LogP contribution in [0.3, 0.4) is 0 Å². The molecule has 1 atom stereocenters. The van der Waals surface area contributed by atoms with Gasteiger partial charge in [0.2, 0.25) is 0 Å². The van der Waals surface area contributed by atoms with E-state index in [0.29, 0.717) is 15.6 Å². The van der Waals surface area contributed by atoms with Crippen LogP contribution in [0.1, 0.15) is 15.2 Å². The molecule has 7 heteroatoms. The van der Waals surface area contributed by atoms with Gasteiger partial charge in [-0.3, -0.25) is 9.69 Å². The first-order chi connectivity index (χ1) is 13.8. The third-order valence-electron chi connectivity index (χ3n) is 4.70. The molecule has 1 fully saturated rings. The van der Waals surface area contributed by atoms with E-state index in [0.717, 1.165) is 39.3 Å². The molecule has 3 heterocycles. The summed E-state index contributed by atoms with van der Waals surface area (Å²) in [6.45, 7) is 4.07. The van der Waals surface area contributed by atoms with Gasteiger partial charge in [-0.05, 0) is 24.1 Å². The zero-order valence-corrected chi connectivity index (χ0v) is 16.4.